The average molecular weight is 475 g/mol. The smallest absolute Gasteiger partial charge is 0.254 e. The quantitative estimate of drug-likeness (QED) is 0.608. The molecule has 1 saturated heterocycles. The molecule has 5 rings (SSSR count). The number of thiazole rings is 1. The number of nitrogens with zero attached hydrogens (tertiary/aromatic N) is 3. The topological polar surface area (TPSA) is 82.6 Å². The molecule has 2 aliphatic heterocycles. The molecule has 174 valence electrons. The number of likely N-dealkylation sites (tertiary alicyclic amines) is 1. The zero-order valence-electron chi connectivity index (χ0n) is 18.9. The number of hydrogen-bond acceptors (Lipinski definition) is 5. The Morgan fingerprint density at radius 3 is 2.53 bits per heavy atom. The maximum Gasteiger partial charge on any atom is 0.254 e. The lowest BCUT2D eigenvalue weighted by molar-refractivity contribution is -0.129. The molecule has 0 radical (unpaired) electrons. The van der Waals surface area contributed by atoms with Gasteiger partial charge in [-0.1, -0.05) is 59.9 Å². The Morgan fingerprint density at radius 1 is 1.09 bits per heavy atom. The molecule has 8 heteroatoms. The van der Waals surface area contributed by atoms with E-state index < -0.39 is 5.92 Å². The van der Waals surface area contributed by atoms with E-state index in [-0.39, 0.29) is 30.2 Å². The van der Waals surface area contributed by atoms with Crippen molar-refractivity contribution in [3.8, 4) is 0 Å². The van der Waals surface area contributed by atoms with Crippen molar-refractivity contribution < 1.29 is 14.4 Å². The van der Waals surface area contributed by atoms with Crippen molar-refractivity contribution in [1.82, 2.24) is 14.8 Å². The van der Waals surface area contributed by atoms with Crippen LogP contribution in [0.5, 0.6) is 0 Å². The van der Waals surface area contributed by atoms with E-state index >= 15 is 0 Å². The summed E-state index contributed by atoms with van der Waals surface area (Å²) in [6.45, 7) is 3.47. The summed E-state index contributed by atoms with van der Waals surface area (Å²) in [6.07, 6.45) is 0.859. The van der Waals surface area contributed by atoms with Crippen molar-refractivity contribution in [3.63, 3.8) is 0 Å². The van der Waals surface area contributed by atoms with Crippen LogP contribution >= 0.6 is 11.3 Å². The number of benzene rings is 2. The highest BCUT2D eigenvalue weighted by Gasteiger charge is 2.37. The number of carbonyl (C=O) groups is 3. The van der Waals surface area contributed by atoms with Gasteiger partial charge in [0.2, 0.25) is 11.8 Å². The number of anilines is 1. The van der Waals surface area contributed by atoms with Gasteiger partial charge in [0.1, 0.15) is 0 Å². The minimum Gasteiger partial charge on any atom is -0.335 e. The molecule has 0 spiro atoms. The van der Waals surface area contributed by atoms with Gasteiger partial charge >= 0.3 is 0 Å². The lowest BCUT2D eigenvalue weighted by atomic mass is 10.1. The highest BCUT2D eigenvalue weighted by atomic mass is 32.1. The largest absolute Gasteiger partial charge is 0.335 e. The van der Waals surface area contributed by atoms with Gasteiger partial charge in [0.05, 0.1) is 24.2 Å². The van der Waals surface area contributed by atoms with Crippen molar-refractivity contribution in [2.24, 2.45) is 5.92 Å². The highest BCUT2D eigenvalue weighted by molar-refractivity contribution is 7.15. The molecule has 3 amide bonds. The van der Waals surface area contributed by atoms with Crippen LogP contribution in [0.4, 0.5) is 5.13 Å². The van der Waals surface area contributed by atoms with E-state index in [9.17, 15) is 14.4 Å². The third-order valence-corrected chi connectivity index (χ3v) is 7.55. The molecule has 3 heterocycles. The molecular formula is C26H26N4O3S. The van der Waals surface area contributed by atoms with E-state index in [1.54, 1.807) is 4.90 Å². The number of carbonyl (C=O) groups excluding carboxylic acids is 3. The summed E-state index contributed by atoms with van der Waals surface area (Å²) in [7, 11) is 0. The van der Waals surface area contributed by atoms with Gasteiger partial charge < -0.3 is 15.1 Å². The SMILES string of the molecule is CC(c1ccccc1)N1CC(C(=O)Nc2nc3c(s2)CN(C(=O)c2ccccc2)CC3)CC1=O. The Labute approximate surface area is 202 Å². The molecule has 1 N–H and O–H groups in total. The first-order valence-electron chi connectivity index (χ1n) is 11.5. The zero-order valence-corrected chi connectivity index (χ0v) is 19.8. The van der Waals surface area contributed by atoms with Crippen LogP contribution in [-0.4, -0.2) is 45.6 Å². The molecular weight excluding hydrogens is 448 g/mol. The fourth-order valence-corrected chi connectivity index (χ4v) is 5.61. The minimum absolute atomic E-state index is 0.00216. The Balaban J connectivity index is 1.22. The molecule has 3 aromatic rings. The Morgan fingerprint density at radius 2 is 1.79 bits per heavy atom. The monoisotopic (exact) mass is 474 g/mol. The van der Waals surface area contributed by atoms with Crippen LogP contribution in [-0.2, 0) is 22.6 Å². The minimum atomic E-state index is -0.407. The van der Waals surface area contributed by atoms with E-state index in [1.165, 1.54) is 11.3 Å². The summed E-state index contributed by atoms with van der Waals surface area (Å²) in [6, 6.07) is 19.0. The van der Waals surface area contributed by atoms with Crippen LogP contribution in [0.15, 0.2) is 60.7 Å². The predicted molar refractivity (Wildman–Crippen MR) is 130 cm³/mol. The van der Waals surface area contributed by atoms with Gasteiger partial charge in [-0.2, -0.15) is 0 Å². The molecule has 1 aromatic heterocycles. The highest BCUT2D eigenvalue weighted by Crippen LogP contribution is 2.32. The number of hydrogen-bond donors (Lipinski definition) is 1. The molecule has 0 aliphatic carbocycles. The van der Waals surface area contributed by atoms with E-state index in [0.717, 1.165) is 16.1 Å². The van der Waals surface area contributed by atoms with Crippen LogP contribution in [0.2, 0.25) is 0 Å². The van der Waals surface area contributed by atoms with Crippen LogP contribution in [0, 0.1) is 5.92 Å². The first-order valence-corrected chi connectivity index (χ1v) is 12.3. The van der Waals surface area contributed by atoms with Crippen LogP contribution in [0.25, 0.3) is 0 Å². The summed E-state index contributed by atoms with van der Waals surface area (Å²) in [4.78, 5) is 47.6. The summed E-state index contributed by atoms with van der Waals surface area (Å²) < 4.78 is 0. The predicted octanol–water partition coefficient (Wildman–Crippen LogP) is 3.89. The van der Waals surface area contributed by atoms with Crippen LogP contribution in [0.3, 0.4) is 0 Å². The fourth-order valence-electron chi connectivity index (χ4n) is 4.59. The Kier molecular flexibility index (Phi) is 6.15. The summed E-state index contributed by atoms with van der Waals surface area (Å²) >= 11 is 1.41. The van der Waals surface area contributed by atoms with Gasteiger partial charge in [-0.25, -0.2) is 4.98 Å². The molecule has 2 aliphatic rings. The second kappa shape index (κ2) is 9.38. The maximum atomic E-state index is 12.9. The van der Waals surface area contributed by atoms with Gasteiger partial charge in [-0.15, -0.1) is 0 Å². The van der Waals surface area contributed by atoms with E-state index in [1.807, 2.05) is 72.5 Å². The van der Waals surface area contributed by atoms with Crippen molar-refractivity contribution >= 4 is 34.2 Å². The lowest BCUT2D eigenvalue weighted by Crippen LogP contribution is -2.35. The zero-order chi connectivity index (χ0) is 23.7. The molecule has 2 unspecified atom stereocenters. The molecule has 34 heavy (non-hydrogen) atoms. The first kappa shape index (κ1) is 22.3. The van der Waals surface area contributed by atoms with Gasteiger partial charge in [0.15, 0.2) is 5.13 Å². The van der Waals surface area contributed by atoms with Gasteiger partial charge in [0.25, 0.3) is 5.91 Å². The molecule has 2 aromatic carbocycles. The number of aromatic nitrogens is 1. The lowest BCUT2D eigenvalue weighted by Gasteiger charge is -2.26. The van der Waals surface area contributed by atoms with Crippen molar-refractivity contribution in [3.05, 3.63) is 82.4 Å². The van der Waals surface area contributed by atoms with Crippen molar-refractivity contribution in [2.75, 3.05) is 18.4 Å². The van der Waals surface area contributed by atoms with E-state index in [0.29, 0.717) is 36.8 Å². The second-order valence-electron chi connectivity index (χ2n) is 8.75. The summed E-state index contributed by atoms with van der Waals surface area (Å²) in [5.41, 5.74) is 2.66. The molecule has 1 fully saturated rings. The maximum absolute atomic E-state index is 12.9. The van der Waals surface area contributed by atoms with Crippen molar-refractivity contribution in [2.45, 2.75) is 32.4 Å². The van der Waals surface area contributed by atoms with Gasteiger partial charge in [0, 0.05) is 36.4 Å². The van der Waals surface area contributed by atoms with Crippen LogP contribution in [0.1, 0.15) is 45.9 Å². The summed E-state index contributed by atoms with van der Waals surface area (Å²) in [5.74, 6) is -0.595. The van der Waals surface area contributed by atoms with Gasteiger partial charge in [-0.3, -0.25) is 14.4 Å². The van der Waals surface area contributed by atoms with Gasteiger partial charge in [-0.05, 0) is 24.6 Å². The van der Waals surface area contributed by atoms with E-state index in [4.69, 9.17) is 0 Å². The third kappa shape index (κ3) is 4.46. The number of fused-ring (bicyclic) bond motifs is 1. The molecule has 7 nitrogen and oxygen atoms in total. The molecule has 0 saturated carbocycles. The first-order chi connectivity index (χ1) is 16.5. The van der Waals surface area contributed by atoms with Crippen molar-refractivity contribution in [1.29, 1.82) is 0 Å². The normalized spacial score (nSPS) is 18.5. The second-order valence-corrected chi connectivity index (χ2v) is 9.84. The summed E-state index contributed by atoms with van der Waals surface area (Å²) in [5, 5.41) is 3.46. The Hall–Kier alpha value is -3.52. The fraction of sp³-hybridized carbons (Fsp3) is 0.308. The number of amides is 3. The van der Waals surface area contributed by atoms with Crippen LogP contribution < -0.4 is 5.32 Å². The molecule has 2 atom stereocenters. The standard InChI is InChI=1S/C26H26N4O3S/c1-17(18-8-4-2-5-9-18)30-15-20(14-23(30)31)24(32)28-26-27-21-12-13-29(16-22(21)34-26)25(33)19-10-6-3-7-11-19/h2-11,17,20H,12-16H2,1H3,(H,27,28,32). The number of nitrogens with one attached hydrogen (secondary N) is 1. The van der Waals surface area contributed by atoms with E-state index in [2.05, 4.69) is 10.3 Å². The third-order valence-electron chi connectivity index (χ3n) is 6.55. The molecule has 0 bridgehead atoms. The average Bonchev–Trinajstić information content (AvgIpc) is 3.46. The number of rotatable bonds is 5. The Bertz CT molecular complexity index is 1210.